The Labute approximate surface area is 99.5 Å². The Morgan fingerprint density at radius 2 is 2.29 bits per heavy atom. The second-order valence-corrected chi connectivity index (χ2v) is 3.96. The van der Waals surface area contributed by atoms with Crippen LogP contribution in [0.1, 0.15) is 17.3 Å². The Morgan fingerprint density at radius 1 is 1.47 bits per heavy atom. The van der Waals surface area contributed by atoms with E-state index in [2.05, 4.69) is 15.4 Å². The molecule has 0 saturated carbocycles. The monoisotopic (exact) mass is 234 g/mol. The van der Waals surface area contributed by atoms with Crippen molar-refractivity contribution in [1.82, 2.24) is 20.1 Å². The van der Waals surface area contributed by atoms with E-state index in [1.807, 2.05) is 26.4 Å². The van der Waals surface area contributed by atoms with Crippen LogP contribution in [0.15, 0.2) is 30.7 Å². The minimum atomic E-state index is -0.316. The van der Waals surface area contributed by atoms with Crippen LogP contribution in [0.2, 0.25) is 0 Å². The maximum atomic E-state index is 13.1. The van der Waals surface area contributed by atoms with Gasteiger partial charge in [0, 0.05) is 31.9 Å². The zero-order valence-corrected chi connectivity index (χ0v) is 9.89. The summed E-state index contributed by atoms with van der Waals surface area (Å²) in [5, 5.41) is 7.46. The SMILES string of the molecule is CNC(Cc1ccn(C)n1)c1cncc(F)c1. The molecule has 2 rings (SSSR count). The van der Waals surface area contributed by atoms with E-state index in [1.165, 1.54) is 12.3 Å². The molecule has 0 spiro atoms. The van der Waals surface area contributed by atoms with Crippen LogP contribution in [-0.4, -0.2) is 21.8 Å². The van der Waals surface area contributed by atoms with Crippen molar-refractivity contribution in [2.75, 3.05) is 7.05 Å². The summed E-state index contributed by atoms with van der Waals surface area (Å²) in [4.78, 5) is 3.86. The predicted molar refractivity (Wildman–Crippen MR) is 62.9 cm³/mol. The van der Waals surface area contributed by atoms with Gasteiger partial charge in [-0.05, 0) is 24.7 Å². The van der Waals surface area contributed by atoms with Gasteiger partial charge in [-0.1, -0.05) is 0 Å². The molecule has 4 nitrogen and oxygen atoms in total. The zero-order valence-electron chi connectivity index (χ0n) is 9.89. The Bertz CT molecular complexity index is 495. The lowest BCUT2D eigenvalue weighted by Crippen LogP contribution is -2.19. The minimum Gasteiger partial charge on any atom is -0.313 e. The number of nitrogens with one attached hydrogen (secondary N) is 1. The molecule has 1 N–H and O–H groups in total. The second kappa shape index (κ2) is 5.05. The second-order valence-electron chi connectivity index (χ2n) is 3.96. The summed E-state index contributed by atoms with van der Waals surface area (Å²) in [5.74, 6) is -0.316. The summed E-state index contributed by atoms with van der Waals surface area (Å²) >= 11 is 0. The average Bonchev–Trinajstić information content (AvgIpc) is 2.72. The number of likely N-dealkylation sites (N-methyl/N-ethyl adjacent to an activating group) is 1. The number of rotatable bonds is 4. The Morgan fingerprint density at radius 3 is 2.88 bits per heavy atom. The van der Waals surface area contributed by atoms with Crippen molar-refractivity contribution in [2.45, 2.75) is 12.5 Å². The first-order valence-electron chi connectivity index (χ1n) is 5.45. The van der Waals surface area contributed by atoms with Gasteiger partial charge in [-0.3, -0.25) is 9.67 Å². The van der Waals surface area contributed by atoms with Crippen molar-refractivity contribution in [1.29, 1.82) is 0 Å². The number of halogens is 1. The van der Waals surface area contributed by atoms with Crippen molar-refractivity contribution in [2.24, 2.45) is 7.05 Å². The highest BCUT2D eigenvalue weighted by molar-refractivity contribution is 5.17. The van der Waals surface area contributed by atoms with Crippen LogP contribution in [0.4, 0.5) is 4.39 Å². The van der Waals surface area contributed by atoms with Crippen LogP contribution >= 0.6 is 0 Å². The summed E-state index contributed by atoms with van der Waals surface area (Å²) in [6, 6.07) is 3.47. The summed E-state index contributed by atoms with van der Waals surface area (Å²) in [6.45, 7) is 0. The lowest BCUT2D eigenvalue weighted by Gasteiger charge is -2.14. The molecule has 0 fully saturated rings. The molecule has 90 valence electrons. The van der Waals surface area contributed by atoms with E-state index in [4.69, 9.17) is 0 Å². The van der Waals surface area contributed by atoms with Gasteiger partial charge >= 0.3 is 0 Å². The molecule has 2 aromatic rings. The average molecular weight is 234 g/mol. The summed E-state index contributed by atoms with van der Waals surface area (Å²) in [6.07, 6.45) is 5.48. The highest BCUT2D eigenvalue weighted by atomic mass is 19.1. The smallest absolute Gasteiger partial charge is 0.141 e. The Hall–Kier alpha value is -1.75. The molecular weight excluding hydrogens is 219 g/mol. The van der Waals surface area contributed by atoms with E-state index in [9.17, 15) is 4.39 Å². The summed E-state index contributed by atoms with van der Waals surface area (Å²) in [7, 11) is 3.72. The maximum Gasteiger partial charge on any atom is 0.141 e. The fourth-order valence-electron chi connectivity index (χ4n) is 1.79. The number of pyridine rings is 1. The van der Waals surface area contributed by atoms with Crippen molar-refractivity contribution >= 4 is 0 Å². The molecule has 0 radical (unpaired) electrons. The van der Waals surface area contributed by atoms with E-state index < -0.39 is 0 Å². The number of aryl methyl sites for hydroxylation is 1. The van der Waals surface area contributed by atoms with Crippen molar-refractivity contribution in [3.05, 3.63) is 47.8 Å². The molecule has 0 saturated heterocycles. The largest absolute Gasteiger partial charge is 0.313 e. The molecule has 0 amide bonds. The lowest BCUT2D eigenvalue weighted by molar-refractivity contribution is 0.562. The fraction of sp³-hybridized carbons (Fsp3) is 0.333. The molecule has 17 heavy (non-hydrogen) atoms. The predicted octanol–water partition coefficient (Wildman–Crippen LogP) is 1.46. The van der Waals surface area contributed by atoms with Gasteiger partial charge in [0.15, 0.2) is 0 Å². The number of aromatic nitrogens is 3. The lowest BCUT2D eigenvalue weighted by atomic mass is 10.0. The van der Waals surface area contributed by atoms with Gasteiger partial charge in [0.2, 0.25) is 0 Å². The first kappa shape index (κ1) is 11.7. The van der Waals surface area contributed by atoms with Gasteiger partial charge in [0.05, 0.1) is 11.9 Å². The summed E-state index contributed by atoms with van der Waals surface area (Å²) < 4.78 is 14.9. The van der Waals surface area contributed by atoms with E-state index >= 15 is 0 Å². The quantitative estimate of drug-likeness (QED) is 0.870. The topological polar surface area (TPSA) is 42.7 Å². The number of hydrogen-bond donors (Lipinski definition) is 1. The van der Waals surface area contributed by atoms with Crippen LogP contribution in [-0.2, 0) is 13.5 Å². The molecule has 1 atom stereocenters. The molecule has 2 aromatic heterocycles. The third-order valence-corrected chi connectivity index (χ3v) is 2.66. The molecule has 2 heterocycles. The van der Waals surface area contributed by atoms with E-state index in [0.717, 1.165) is 11.3 Å². The molecular formula is C12H15FN4. The van der Waals surface area contributed by atoms with Crippen molar-refractivity contribution in [3.63, 3.8) is 0 Å². The molecule has 0 aliphatic rings. The normalized spacial score (nSPS) is 12.6. The zero-order chi connectivity index (χ0) is 12.3. The van der Waals surface area contributed by atoms with Crippen LogP contribution in [0.3, 0.4) is 0 Å². The first-order chi connectivity index (χ1) is 8.19. The van der Waals surface area contributed by atoms with E-state index in [1.54, 1.807) is 10.9 Å². The maximum absolute atomic E-state index is 13.1. The molecule has 1 unspecified atom stereocenters. The van der Waals surface area contributed by atoms with Gasteiger partial charge in [-0.15, -0.1) is 0 Å². The Kier molecular flexibility index (Phi) is 3.49. The van der Waals surface area contributed by atoms with E-state index in [0.29, 0.717) is 6.42 Å². The molecule has 0 aromatic carbocycles. The minimum absolute atomic E-state index is 0.0214. The molecule has 0 aliphatic carbocycles. The first-order valence-corrected chi connectivity index (χ1v) is 5.45. The van der Waals surface area contributed by atoms with Gasteiger partial charge in [0.1, 0.15) is 5.82 Å². The number of nitrogens with zero attached hydrogens (tertiary/aromatic N) is 3. The van der Waals surface area contributed by atoms with Crippen LogP contribution in [0.25, 0.3) is 0 Å². The van der Waals surface area contributed by atoms with Gasteiger partial charge in [0.25, 0.3) is 0 Å². The van der Waals surface area contributed by atoms with Crippen LogP contribution in [0.5, 0.6) is 0 Å². The van der Waals surface area contributed by atoms with Gasteiger partial charge in [-0.25, -0.2) is 4.39 Å². The standard InChI is InChI=1S/C12H15FN4/c1-14-12(6-11-3-4-17(2)16-11)9-5-10(13)8-15-7-9/h3-5,7-8,12,14H,6H2,1-2H3. The number of hydrogen-bond acceptors (Lipinski definition) is 3. The van der Waals surface area contributed by atoms with Gasteiger partial charge in [-0.2, -0.15) is 5.10 Å². The molecule has 5 heteroatoms. The van der Waals surface area contributed by atoms with Gasteiger partial charge < -0.3 is 5.32 Å². The fourth-order valence-corrected chi connectivity index (χ4v) is 1.79. The van der Waals surface area contributed by atoms with Crippen molar-refractivity contribution in [3.8, 4) is 0 Å². The Balaban J connectivity index is 2.16. The summed E-state index contributed by atoms with van der Waals surface area (Å²) in [5.41, 5.74) is 1.80. The third-order valence-electron chi connectivity index (χ3n) is 2.66. The van der Waals surface area contributed by atoms with Crippen LogP contribution < -0.4 is 5.32 Å². The highest BCUT2D eigenvalue weighted by Gasteiger charge is 2.12. The van der Waals surface area contributed by atoms with E-state index in [-0.39, 0.29) is 11.9 Å². The molecule has 0 bridgehead atoms. The molecule has 0 aliphatic heterocycles. The van der Waals surface area contributed by atoms with Crippen molar-refractivity contribution < 1.29 is 4.39 Å². The third kappa shape index (κ3) is 2.88. The van der Waals surface area contributed by atoms with Crippen LogP contribution in [0, 0.1) is 5.82 Å². The highest BCUT2D eigenvalue weighted by Crippen LogP contribution is 2.16.